The van der Waals surface area contributed by atoms with Gasteiger partial charge in [-0.1, -0.05) is 19.1 Å². The van der Waals surface area contributed by atoms with Crippen LogP contribution >= 0.6 is 0 Å². The first-order chi connectivity index (χ1) is 4.35. The maximum atomic E-state index is 8.62. The van der Waals surface area contributed by atoms with Crippen LogP contribution in [-0.4, -0.2) is 18.3 Å². The molecule has 3 N–H and O–H groups in total. The molecule has 0 fully saturated rings. The van der Waals surface area contributed by atoms with E-state index in [9.17, 15) is 0 Å². The molecule has 2 nitrogen and oxygen atoms in total. The van der Waals surface area contributed by atoms with Gasteiger partial charge >= 0.3 is 0 Å². The fraction of sp³-hybridized carbons (Fsp3) is 0.714. The van der Waals surface area contributed by atoms with Gasteiger partial charge in [0, 0.05) is 12.5 Å². The lowest BCUT2D eigenvalue weighted by molar-refractivity contribution is 0.256. The highest BCUT2D eigenvalue weighted by Crippen LogP contribution is 1.94. The number of rotatable bonds is 4. The molecule has 0 spiro atoms. The molecule has 0 aromatic heterocycles. The zero-order chi connectivity index (χ0) is 7.11. The smallest absolute Gasteiger partial charge is 0.0505 e. The van der Waals surface area contributed by atoms with Crippen LogP contribution in [0.25, 0.3) is 0 Å². The molecule has 1 atom stereocenters. The second-order valence-corrected chi connectivity index (χ2v) is 2.01. The summed E-state index contributed by atoms with van der Waals surface area (Å²) in [6.45, 7) is 2.75. The summed E-state index contributed by atoms with van der Waals surface area (Å²) in [7, 11) is 0. The molecule has 0 aromatic rings. The molecule has 0 saturated heterocycles. The van der Waals surface area contributed by atoms with E-state index in [1.165, 1.54) is 0 Å². The lowest BCUT2D eigenvalue weighted by atomic mass is 10.1. The average Bonchev–Trinajstić information content (AvgIpc) is 1.91. The topological polar surface area (TPSA) is 46.2 Å². The van der Waals surface area contributed by atoms with Crippen LogP contribution < -0.4 is 5.73 Å². The Hall–Kier alpha value is -0.340. The third-order valence-electron chi connectivity index (χ3n) is 1.18. The highest BCUT2D eigenvalue weighted by atomic mass is 16.3. The monoisotopic (exact) mass is 129 g/mol. The highest BCUT2D eigenvalue weighted by molar-refractivity contribution is 4.87. The summed E-state index contributed by atoms with van der Waals surface area (Å²) in [6, 6.07) is 0. The Kier molecular flexibility index (Phi) is 5.57. The van der Waals surface area contributed by atoms with Crippen molar-refractivity contribution in [2.45, 2.75) is 13.3 Å². The summed E-state index contributed by atoms with van der Waals surface area (Å²) in [5, 5.41) is 8.62. The number of hydrogen-bond acceptors (Lipinski definition) is 2. The Labute approximate surface area is 56.4 Å². The third kappa shape index (κ3) is 4.18. The molecule has 0 amide bonds. The molecule has 9 heavy (non-hydrogen) atoms. The van der Waals surface area contributed by atoms with E-state index in [2.05, 4.69) is 6.92 Å². The van der Waals surface area contributed by atoms with Gasteiger partial charge in [0.1, 0.15) is 0 Å². The van der Waals surface area contributed by atoms with Crippen LogP contribution in [0.3, 0.4) is 0 Å². The van der Waals surface area contributed by atoms with Crippen LogP contribution in [0.15, 0.2) is 12.2 Å². The van der Waals surface area contributed by atoms with Crippen molar-refractivity contribution in [2.24, 2.45) is 11.7 Å². The van der Waals surface area contributed by atoms with Gasteiger partial charge in [-0.3, -0.25) is 0 Å². The SMILES string of the molecule is CC/C=C/C(CN)CO. The second kappa shape index (κ2) is 5.79. The number of aliphatic hydroxyl groups excluding tert-OH is 1. The molecule has 0 radical (unpaired) electrons. The summed E-state index contributed by atoms with van der Waals surface area (Å²) in [5.41, 5.74) is 5.31. The minimum absolute atomic E-state index is 0.157. The van der Waals surface area contributed by atoms with Gasteiger partial charge in [0.15, 0.2) is 0 Å². The van der Waals surface area contributed by atoms with E-state index in [4.69, 9.17) is 10.8 Å². The predicted molar refractivity (Wildman–Crippen MR) is 39.1 cm³/mol. The zero-order valence-electron chi connectivity index (χ0n) is 5.88. The molecule has 2 heteroatoms. The summed E-state index contributed by atoms with van der Waals surface area (Å²) in [5.74, 6) is 0.157. The van der Waals surface area contributed by atoms with Crippen molar-refractivity contribution in [1.29, 1.82) is 0 Å². The third-order valence-corrected chi connectivity index (χ3v) is 1.18. The first kappa shape index (κ1) is 8.66. The standard InChI is InChI=1S/C7H15NO/c1-2-3-4-7(5-8)6-9/h3-4,7,9H,2,5-6,8H2,1H3/b4-3+. The van der Waals surface area contributed by atoms with Gasteiger partial charge in [0.2, 0.25) is 0 Å². The zero-order valence-corrected chi connectivity index (χ0v) is 5.88. The number of nitrogens with two attached hydrogens (primary N) is 1. The van der Waals surface area contributed by atoms with E-state index in [1.807, 2.05) is 12.2 Å². The van der Waals surface area contributed by atoms with Gasteiger partial charge in [-0.25, -0.2) is 0 Å². The summed E-state index contributed by atoms with van der Waals surface area (Å²) in [4.78, 5) is 0. The fourth-order valence-electron chi connectivity index (χ4n) is 0.542. The van der Waals surface area contributed by atoms with E-state index < -0.39 is 0 Å². The van der Waals surface area contributed by atoms with Gasteiger partial charge < -0.3 is 10.8 Å². The highest BCUT2D eigenvalue weighted by Gasteiger charge is 1.95. The largest absolute Gasteiger partial charge is 0.396 e. The van der Waals surface area contributed by atoms with Gasteiger partial charge in [-0.15, -0.1) is 0 Å². The number of hydrogen-bond donors (Lipinski definition) is 2. The van der Waals surface area contributed by atoms with Crippen LogP contribution in [0.5, 0.6) is 0 Å². The summed E-state index contributed by atoms with van der Waals surface area (Å²) in [6.07, 6.45) is 4.99. The van der Waals surface area contributed by atoms with E-state index in [0.29, 0.717) is 6.54 Å². The molecule has 0 bridgehead atoms. The maximum absolute atomic E-state index is 8.62. The molecule has 0 aliphatic heterocycles. The Morgan fingerprint density at radius 1 is 1.67 bits per heavy atom. The van der Waals surface area contributed by atoms with Crippen LogP contribution in [0.2, 0.25) is 0 Å². The van der Waals surface area contributed by atoms with Crippen molar-refractivity contribution in [3.05, 3.63) is 12.2 Å². The van der Waals surface area contributed by atoms with Gasteiger partial charge in [0.05, 0.1) is 6.61 Å². The Morgan fingerprint density at radius 2 is 2.33 bits per heavy atom. The molecule has 0 aliphatic rings. The van der Waals surface area contributed by atoms with Crippen molar-refractivity contribution in [1.82, 2.24) is 0 Å². The molecule has 54 valence electrons. The predicted octanol–water partition coefficient (Wildman–Crippen LogP) is 0.520. The maximum Gasteiger partial charge on any atom is 0.0505 e. The van der Waals surface area contributed by atoms with E-state index in [1.54, 1.807) is 0 Å². The molecule has 0 saturated carbocycles. The molecule has 1 unspecified atom stereocenters. The summed E-state index contributed by atoms with van der Waals surface area (Å²) >= 11 is 0. The van der Waals surface area contributed by atoms with Crippen LogP contribution in [-0.2, 0) is 0 Å². The van der Waals surface area contributed by atoms with Crippen LogP contribution in [0.4, 0.5) is 0 Å². The van der Waals surface area contributed by atoms with Crippen molar-refractivity contribution < 1.29 is 5.11 Å². The Balaban J connectivity index is 3.41. The van der Waals surface area contributed by atoms with Crippen molar-refractivity contribution in [3.63, 3.8) is 0 Å². The van der Waals surface area contributed by atoms with Gasteiger partial charge in [0.25, 0.3) is 0 Å². The Morgan fingerprint density at radius 3 is 2.67 bits per heavy atom. The molecular weight excluding hydrogens is 114 g/mol. The van der Waals surface area contributed by atoms with Crippen molar-refractivity contribution in [2.75, 3.05) is 13.2 Å². The first-order valence-corrected chi connectivity index (χ1v) is 3.32. The molecule has 0 aliphatic carbocycles. The molecular formula is C7H15NO. The quantitative estimate of drug-likeness (QED) is 0.543. The minimum atomic E-state index is 0.157. The molecule has 0 rings (SSSR count). The van der Waals surface area contributed by atoms with Crippen molar-refractivity contribution >= 4 is 0 Å². The summed E-state index contributed by atoms with van der Waals surface area (Å²) < 4.78 is 0. The van der Waals surface area contributed by atoms with Gasteiger partial charge in [-0.05, 0) is 6.42 Å². The minimum Gasteiger partial charge on any atom is -0.396 e. The Bertz CT molecular complexity index is 77.0. The van der Waals surface area contributed by atoms with Crippen LogP contribution in [0.1, 0.15) is 13.3 Å². The van der Waals surface area contributed by atoms with Crippen molar-refractivity contribution in [3.8, 4) is 0 Å². The van der Waals surface area contributed by atoms with E-state index >= 15 is 0 Å². The number of allylic oxidation sites excluding steroid dienone is 1. The molecule has 0 heterocycles. The van der Waals surface area contributed by atoms with E-state index in [0.717, 1.165) is 6.42 Å². The number of aliphatic hydroxyl groups is 1. The lowest BCUT2D eigenvalue weighted by Gasteiger charge is -2.02. The van der Waals surface area contributed by atoms with Crippen LogP contribution in [0, 0.1) is 5.92 Å². The second-order valence-electron chi connectivity index (χ2n) is 2.01. The average molecular weight is 129 g/mol. The first-order valence-electron chi connectivity index (χ1n) is 3.32. The van der Waals surface area contributed by atoms with Gasteiger partial charge in [-0.2, -0.15) is 0 Å². The normalized spacial score (nSPS) is 14.6. The molecule has 0 aromatic carbocycles. The fourth-order valence-corrected chi connectivity index (χ4v) is 0.542. The van der Waals surface area contributed by atoms with E-state index in [-0.39, 0.29) is 12.5 Å². The lowest BCUT2D eigenvalue weighted by Crippen LogP contribution is -2.15.